The molecule has 0 saturated carbocycles. The number of aromatic nitrogens is 1. The van der Waals surface area contributed by atoms with E-state index < -0.39 is 0 Å². The fraction of sp³-hybridized carbons (Fsp3) is 0.471. The third-order valence-electron chi connectivity index (χ3n) is 4.20. The standard InChI is InChI=1S/C17H23N3O/c1-18-12-14-7-9-20(10-8-14)13-16-11-17(21-19-16)15-5-3-2-4-6-15/h2-6,11,14,18H,7-10,12-13H2,1H3. The van der Waals surface area contributed by atoms with E-state index in [-0.39, 0.29) is 0 Å². The number of rotatable bonds is 5. The van der Waals surface area contributed by atoms with Crippen molar-refractivity contribution in [2.24, 2.45) is 5.92 Å². The number of benzene rings is 1. The zero-order valence-electron chi connectivity index (χ0n) is 12.6. The van der Waals surface area contributed by atoms with Crippen LogP contribution in [0.5, 0.6) is 0 Å². The van der Waals surface area contributed by atoms with Crippen molar-refractivity contribution in [1.82, 2.24) is 15.4 Å². The van der Waals surface area contributed by atoms with Gasteiger partial charge in [0.25, 0.3) is 0 Å². The van der Waals surface area contributed by atoms with Gasteiger partial charge in [-0.3, -0.25) is 4.90 Å². The summed E-state index contributed by atoms with van der Waals surface area (Å²) in [6.07, 6.45) is 2.54. The molecule has 112 valence electrons. The Labute approximate surface area is 126 Å². The van der Waals surface area contributed by atoms with Crippen LogP contribution in [-0.2, 0) is 6.54 Å². The molecule has 1 saturated heterocycles. The Morgan fingerprint density at radius 1 is 1.24 bits per heavy atom. The summed E-state index contributed by atoms with van der Waals surface area (Å²) in [4.78, 5) is 2.47. The first-order valence-corrected chi connectivity index (χ1v) is 7.73. The zero-order valence-corrected chi connectivity index (χ0v) is 12.6. The van der Waals surface area contributed by atoms with Gasteiger partial charge in [-0.25, -0.2) is 0 Å². The lowest BCUT2D eigenvalue weighted by Gasteiger charge is -2.31. The Hall–Kier alpha value is -1.65. The predicted octanol–water partition coefficient (Wildman–Crippen LogP) is 2.77. The van der Waals surface area contributed by atoms with Gasteiger partial charge >= 0.3 is 0 Å². The highest BCUT2D eigenvalue weighted by molar-refractivity contribution is 5.56. The Morgan fingerprint density at radius 2 is 2.00 bits per heavy atom. The molecule has 4 heteroatoms. The lowest BCUT2D eigenvalue weighted by atomic mass is 9.97. The number of likely N-dealkylation sites (tertiary alicyclic amines) is 1. The molecule has 1 aromatic carbocycles. The number of nitrogens with zero attached hydrogens (tertiary/aromatic N) is 2. The van der Waals surface area contributed by atoms with E-state index in [4.69, 9.17) is 4.52 Å². The maximum atomic E-state index is 5.47. The maximum Gasteiger partial charge on any atom is 0.167 e. The van der Waals surface area contributed by atoms with Crippen molar-refractivity contribution in [3.63, 3.8) is 0 Å². The van der Waals surface area contributed by atoms with E-state index in [0.717, 1.165) is 49.1 Å². The average Bonchev–Trinajstić information content (AvgIpc) is 2.99. The van der Waals surface area contributed by atoms with Gasteiger partial charge in [0.1, 0.15) is 0 Å². The first kappa shape index (κ1) is 14.3. The number of hydrogen-bond acceptors (Lipinski definition) is 4. The van der Waals surface area contributed by atoms with Crippen molar-refractivity contribution in [3.05, 3.63) is 42.1 Å². The summed E-state index contributed by atoms with van der Waals surface area (Å²) in [6, 6.07) is 12.2. The molecule has 0 atom stereocenters. The Kier molecular flexibility index (Phi) is 4.68. The summed E-state index contributed by atoms with van der Waals surface area (Å²) in [5.74, 6) is 1.68. The van der Waals surface area contributed by atoms with Crippen LogP contribution in [0.15, 0.2) is 40.9 Å². The molecule has 2 aromatic rings. The molecule has 0 radical (unpaired) electrons. The van der Waals surface area contributed by atoms with Gasteiger partial charge in [-0.2, -0.15) is 0 Å². The van der Waals surface area contributed by atoms with Crippen molar-refractivity contribution in [2.45, 2.75) is 19.4 Å². The van der Waals surface area contributed by atoms with Crippen molar-refractivity contribution in [2.75, 3.05) is 26.7 Å². The smallest absolute Gasteiger partial charge is 0.167 e. The van der Waals surface area contributed by atoms with Gasteiger partial charge in [0.2, 0.25) is 0 Å². The highest BCUT2D eigenvalue weighted by atomic mass is 16.5. The molecule has 1 aromatic heterocycles. The monoisotopic (exact) mass is 285 g/mol. The molecule has 0 amide bonds. The van der Waals surface area contributed by atoms with Crippen LogP contribution in [-0.4, -0.2) is 36.7 Å². The Bertz CT molecular complexity index is 544. The molecule has 21 heavy (non-hydrogen) atoms. The normalized spacial score (nSPS) is 17.2. The van der Waals surface area contributed by atoms with E-state index in [2.05, 4.69) is 21.4 Å². The van der Waals surface area contributed by atoms with Gasteiger partial charge in [-0.15, -0.1) is 0 Å². The highest BCUT2D eigenvalue weighted by Gasteiger charge is 2.19. The lowest BCUT2D eigenvalue weighted by molar-refractivity contribution is 0.173. The van der Waals surface area contributed by atoms with E-state index >= 15 is 0 Å². The van der Waals surface area contributed by atoms with Crippen LogP contribution < -0.4 is 5.32 Å². The van der Waals surface area contributed by atoms with Gasteiger partial charge in [0, 0.05) is 18.2 Å². The largest absolute Gasteiger partial charge is 0.356 e. The van der Waals surface area contributed by atoms with Crippen LogP contribution in [0.1, 0.15) is 18.5 Å². The predicted molar refractivity (Wildman–Crippen MR) is 83.9 cm³/mol. The van der Waals surface area contributed by atoms with Crippen LogP contribution in [0, 0.1) is 5.92 Å². The van der Waals surface area contributed by atoms with E-state index in [9.17, 15) is 0 Å². The summed E-state index contributed by atoms with van der Waals surface area (Å²) in [7, 11) is 2.03. The molecule has 0 bridgehead atoms. The van der Waals surface area contributed by atoms with Crippen LogP contribution in [0.25, 0.3) is 11.3 Å². The second kappa shape index (κ2) is 6.87. The summed E-state index contributed by atoms with van der Waals surface area (Å²) in [5, 5.41) is 7.49. The Morgan fingerprint density at radius 3 is 2.71 bits per heavy atom. The summed E-state index contributed by atoms with van der Waals surface area (Å²) < 4.78 is 5.47. The van der Waals surface area contributed by atoms with Crippen molar-refractivity contribution in [1.29, 1.82) is 0 Å². The quantitative estimate of drug-likeness (QED) is 0.917. The first-order chi connectivity index (χ1) is 10.3. The summed E-state index contributed by atoms with van der Waals surface area (Å²) in [6.45, 7) is 4.33. The lowest BCUT2D eigenvalue weighted by Crippen LogP contribution is -2.36. The molecule has 0 unspecified atom stereocenters. The first-order valence-electron chi connectivity index (χ1n) is 7.73. The van der Waals surface area contributed by atoms with E-state index in [1.165, 1.54) is 12.8 Å². The number of nitrogens with one attached hydrogen (secondary N) is 1. The van der Waals surface area contributed by atoms with Crippen LogP contribution in [0.4, 0.5) is 0 Å². The molecular weight excluding hydrogens is 262 g/mol. The third-order valence-corrected chi connectivity index (χ3v) is 4.20. The number of hydrogen-bond donors (Lipinski definition) is 1. The van der Waals surface area contributed by atoms with Gasteiger partial charge in [-0.1, -0.05) is 35.5 Å². The minimum absolute atomic E-state index is 0.823. The topological polar surface area (TPSA) is 41.3 Å². The molecule has 0 aliphatic carbocycles. The van der Waals surface area contributed by atoms with Gasteiger partial charge in [-0.05, 0) is 45.4 Å². The van der Waals surface area contributed by atoms with Crippen LogP contribution in [0.2, 0.25) is 0 Å². The fourth-order valence-corrected chi connectivity index (χ4v) is 2.99. The second-order valence-electron chi connectivity index (χ2n) is 5.83. The van der Waals surface area contributed by atoms with Gasteiger partial charge < -0.3 is 9.84 Å². The van der Waals surface area contributed by atoms with E-state index in [1.807, 2.05) is 37.4 Å². The maximum absolute atomic E-state index is 5.47. The average molecular weight is 285 g/mol. The molecule has 1 aliphatic heterocycles. The van der Waals surface area contributed by atoms with Crippen LogP contribution >= 0.6 is 0 Å². The second-order valence-corrected chi connectivity index (χ2v) is 5.83. The van der Waals surface area contributed by atoms with Crippen molar-refractivity contribution < 1.29 is 4.52 Å². The minimum atomic E-state index is 0.823. The minimum Gasteiger partial charge on any atom is -0.356 e. The molecule has 4 nitrogen and oxygen atoms in total. The molecule has 1 N–H and O–H groups in total. The van der Waals surface area contributed by atoms with E-state index in [1.54, 1.807) is 0 Å². The van der Waals surface area contributed by atoms with Crippen molar-refractivity contribution in [3.8, 4) is 11.3 Å². The Balaban J connectivity index is 1.56. The third kappa shape index (κ3) is 3.71. The van der Waals surface area contributed by atoms with Gasteiger partial charge in [0.05, 0.1) is 5.69 Å². The van der Waals surface area contributed by atoms with Crippen LogP contribution in [0.3, 0.4) is 0 Å². The fourth-order valence-electron chi connectivity index (χ4n) is 2.99. The molecule has 1 fully saturated rings. The zero-order chi connectivity index (χ0) is 14.5. The molecule has 3 rings (SSSR count). The molecule has 0 spiro atoms. The van der Waals surface area contributed by atoms with Gasteiger partial charge in [0.15, 0.2) is 5.76 Å². The molecular formula is C17H23N3O. The van der Waals surface area contributed by atoms with Crippen molar-refractivity contribution >= 4 is 0 Å². The highest BCUT2D eigenvalue weighted by Crippen LogP contribution is 2.22. The molecule has 2 heterocycles. The number of piperidine rings is 1. The summed E-state index contributed by atoms with van der Waals surface area (Å²) >= 11 is 0. The summed E-state index contributed by atoms with van der Waals surface area (Å²) in [5.41, 5.74) is 2.12. The SMILES string of the molecule is CNCC1CCN(Cc2cc(-c3ccccc3)on2)CC1. The molecule has 1 aliphatic rings. The van der Waals surface area contributed by atoms with E-state index in [0.29, 0.717) is 0 Å².